The fourth-order valence-corrected chi connectivity index (χ4v) is 2.80. The van der Waals surface area contributed by atoms with Crippen molar-refractivity contribution < 1.29 is 18.7 Å². The topological polar surface area (TPSA) is 50.8 Å². The summed E-state index contributed by atoms with van der Waals surface area (Å²) < 4.78 is 24.5. The summed E-state index contributed by atoms with van der Waals surface area (Å²) >= 11 is 0. The molecule has 1 N–H and O–H groups in total. The van der Waals surface area contributed by atoms with Gasteiger partial charge in [0.15, 0.2) is 6.79 Å². The number of carbonyl (C=O) groups excluding carboxylic acids is 1. The highest BCUT2D eigenvalue weighted by Crippen LogP contribution is 2.30. The third-order valence-electron chi connectivity index (χ3n) is 3.94. The number of benzene rings is 2. The van der Waals surface area contributed by atoms with Gasteiger partial charge in [0.25, 0.3) is 0 Å². The molecule has 5 nitrogen and oxygen atoms in total. The van der Waals surface area contributed by atoms with Crippen LogP contribution in [0.25, 0.3) is 0 Å². The Morgan fingerprint density at radius 2 is 2.04 bits per heavy atom. The van der Waals surface area contributed by atoms with Crippen molar-refractivity contribution in [3.63, 3.8) is 0 Å². The zero-order chi connectivity index (χ0) is 17.8. The molecule has 1 heterocycles. The summed E-state index contributed by atoms with van der Waals surface area (Å²) in [5.74, 6) is 0.194. The molecular formula is C19H21FN2O3. The molecule has 0 unspecified atom stereocenters. The highest BCUT2D eigenvalue weighted by atomic mass is 19.1. The summed E-state index contributed by atoms with van der Waals surface area (Å²) in [5.41, 5.74) is 3.30. The van der Waals surface area contributed by atoms with Gasteiger partial charge in [0.1, 0.15) is 11.6 Å². The third kappa shape index (κ3) is 4.55. The van der Waals surface area contributed by atoms with Crippen LogP contribution < -0.4 is 10.1 Å². The van der Waals surface area contributed by atoms with Crippen molar-refractivity contribution in [3.05, 3.63) is 58.9 Å². The van der Waals surface area contributed by atoms with Crippen molar-refractivity contribution in [2.24, 2.45) is 0 Å². The number of likely N-dealkylation sites (N-methyl/N-ethyl adjacent to an activating group) is 1. The van der Waals surface area contributed by atoms with E-state index in [1.807, 2.05) is 43.1 Å². The Kier molecular flexibility index (Phi) is 5.31. The van der Waals surface area contributed by atoms with Crippen LogP contribution >= 0.6 is 0 Å². The van der Waals surface area contributed by atoms with Crippen LogP contribution in [0, 0.1) is 12.7 Å². The van der Waals surface area contributed by atoms with E-state index in [4.69, 9.17) is 9.47 Å². The Morgan fingerprint density at radius 3 is 2.80 bits per heavy atom. The number of amides is 1. The molecule has 132 valence electrons. The fourth-order valence-electron chi connectivity index (χ4n) is 2.80. The molecule has 0 aliphatic carbocycles. The number of nitrogens with one attached hydrogen (secondary N) is 1. The van der Waals surface area contributed by atoms with E-state index in [-0.39, 0.29) is 25.1 Å². The molecule has 3 rings (SSSR count). The summed E-state index contributed by atoms with van der Waals surface area (Å²) in [6.45, 7) is 3.07. The monoisotopic (exact) mass is 344 g/mol. The van der Waals surface area contributed by atoms with Crippen molar-refractivity contribution in [2.45, 2.75) is 20.1 Å². The van der Waals surface area contributed by atoms with Crippen molar-refractivity contribution in [1.29, 1.82) is 0 Å². The summed E-state index contributed by atoms with van der Waals surface area (Å²) in [7, 11) is 1.81. The van der Waals surface area contributed by atoms with Crippen LogP contribution in [-0.4, -0.2) is 31.2 Å². The van der Waals surface area contributed by atoms with Gasteiger partial charge in [-0.15, -0.1) is 0 Å². The first-order valence-corrected chi connectivity index (χ1v) is 8.08. The van der Waals surface area contributed by atoms with E-state index in [0.29, 0.717) is 30.0 Å². The summed E-state index contributed by atoms with van der Waals surface area (Å²) in [4.78, 5) is 14.0. The lowest BCUT2D eigenvalue weighted by Gasteiger charge is -2.23. The number of hydrogen-bond acceptors (Lipinski definition) is 4. The lowest BCUT2D eigenvalue weighted by atomic mass is 10.1. The molecule has 0 saturated heterocycles. The van der Waals surface area contributed by atoms with Crippen LogP contribution in [0.1, 0.15) is 16.7 Å². The Morgan fingerprint density at radius 1 is 1.28 bits per heavy atom. The molecule has 0 bridgehead atoms. The molecule has 25 heavy (non-hydrogen) atoms. The molecule has 6 heteroatoms. The normalized spacial score (nSPS) is 13.3. The smallest absolute Gasteiger partial charge is 0.238 e. The average Bonchev–Trinajstić information content (AvgIpc) is 2.56. The molecule has 2 aromatic rings. The first kappa shape index (κ1) is 17.4. The van der Waals surface area contributed by atoms with Crippen LogP contribution in [-0.2, 0) is 22.7 Å². The Labute approximate surface area is 146 Å². The van der Waals surface area contributed by atoms with E-state index in [1.54, 1.807) is 0 Å². The molecule has 0 radical (unpaired) electrons. The van der Waals surface area contributed by atoms with E-state index in [9.17, 15) is 9.18 Å². The van der Waals surface area contributed by atoms with Gasteiger partial charge in [-0.25, -0.2) is 4.39 Å². The van der Waals surface area contributed by atoms with Crippen molar-refractivity contribution in [3.8, 4) is 5.75 Å². The molecule has 2 aromatic carbocycles. The number of carbonyl (C=O) groups is 1. The number of nitrogens with zero attached hydrogens (tertiary/aromatic N) is 1. The average molecular weight is 344 g/mol. The number of aryl methyl sites for hydroxylation is 1. The maximum absolute atomic E-state index is 13.8. The first-order chi connectivity index (χ1) is 12.0. The lowest BCUT2D eigenvalue weighted by Crippen LogP contribution is -2.30. The van der Waals surface area contributed by atoms with Crippen LogP contribution in [0.4, 0.5) is 10.1 Å². The highest BCUT2D eigenvalue weighted by molar-refractivity contribution is 5.92. The Balaban J connectivity index is 1.62. The predicted molar refractivity (Wildman–Crippen MR) is 92.8 cm³/mol. The van der Waals surface area contributed by atoms with Crippen LogP contribution in [0.15, 0.2) is 36.4 Å². The summed E-state index contributed by atoms with van der Waals surface area (Å²) in [5, 5.41) is 2.85. The summed E-state index contributed by atoms with van der Waals surface area (Å²) in [6.07, 6.45) is 0. The first-order valence-electron chi connectivity index (χ1n) is 8.08. The molecule has 0 atom stereocenters. The van der Waals surface area contributed by atoms with Gasteiger partial charge in [0.05, 0.1) is 13.2 Å². The zero-order valence-corrected chi connectivity index (χ0v) is 14.3. The number of hydrogen-bond donors (Lipinski definition) is 1. The molecule has 0 spiro atoms. The van der Waals surface area contributed by atoms with Gasteiger partial charge in [0.2, 0.25) is 5.91 Å². The van der Waals surface area contributed by atoms with Gasteiger partial charge in [-0.1, -0.05) is 17.7 Å². The largest absolute Gasteiger partial charge is 0.467 e. The van der Waals surface area contributed by atoms with E-state index < -0.39 is 0 Å². The molecule has 0 aromatic heterocycles. The second-order valence-corrected chi connectivity index (χ2v) is 6.25. The maximum atomic E-state index is 13.8. The second kappa shape index (κ2) is 7.63. The Hall–Kier alpha value is -2.44. The lowest BCUT2D eigenvalue weighted by molar-refractivity contribution is -0.117. The second-order valence-electron chi connectivity index (χ2n) is 6.25. The zero-order valence-electron chi connectivity index (χ0n) is 14.3. The van der Waals surface area contributed by atoms with Gasteiger partial charge in [-0.3, -0.25) is 9.69 Å². The molecular weight excluding hydrogens is 323 g/mol. The number of halogens is 1. The fraction of sp³-hybridized carbons (Fsp3) is 0.316. The Bertz CT molecular complexity index is 762. The molecule has 1 aliphatic rings. The van der Waals surface area contributed by atoms with Gasteiger partial charge in [0, 0.05) is 23.4 Å². The highest BCUT2D eigenvalue weighted by Gasteiger charge is 2.18. The van der Waals surface area contributed by atoms with Crippen LogP contribution in [0.2, 0.25) is 0 Å². The van der Waals surface area contributed by atoms with Gasteiger partial charge < -0.3 is 14.8 Å². The SMILES string of the molecule is Cc1ccc(NC(=O)CN(C)Cc2cc(F)cc3c2OCOC3)cc1. The predicted octanol–water partition coefficient (Wildman–Crippen LogP) is 3.07. The van der Waals surface area contributed by atoms with E-state index in [2.05, 4.69) is 5.32 Å². The number of fused-ring (bicyclic) bond motifs is 1. The van der Waals surface area contributed by atoms with E-state index >= 15 is 0 Å². The quantitative estimate of drug-likeness (QED) is 0.906. The van der Waals surface area contributed by atoms with Gasteiger partial charge in [-0.2, -0.15) is 0 Å². The standard InChI is InChI=1S/C19H21FN2O3/c1-13-3-5-17(6-4-13)21-18(23)10-22(2)9-14-7-16(20)8-15-11-24-12-25-19(14)15/h3-8H,9-12H2,1-2H3,(H,21,23). The summed E-state index contributed by atoms with van der Waals surface area (Å²) in [6, 6.07) is 10.5. The minimum Gasteiger partial charge on any atom is -0.467 e. The molecule has 1 aliphatic heterocycles. The number of anilines is 1. The van der Waals surface area contributed by atoms with Crippen molar-refractivity contribution >= 4 is 11.6 Å². The van der Waals surface area contributed by atoms with E-state index in [1.165, 1.54) is 12.1 Å². The van der Waals surface area contributed by atoms with Crippen LogP contribution in [0.3, 0.4) is 0 Å². The van der Waals surface area contributed by atoms with Gasteiger partial charge in [-0.05, 0) is 38.2 Å². The number of rotatable bonds is 5. The number of ether oxygens (including phenoxy) is 2. The van der Waals surface area contributed by atoms with Crippen molar-refractivity contribution in [1.82, 2.24) is 4.90 Å². The van der Waals surface area contributed by atoms with Crippen LogP contribution in [0.5, 0.6) is 5.75 Å². The molecule has 0 saturated carbocycles. The third-order valence-corrected chi connectivity index (χ3v) is 3.94. The maximum Gasteiger partial charge on any atom is 0.238 e. The van der Waals surface area contributed by atoms with Gasteiger partial charge >= 0.3 is 0 Å². The minimum atomic E-state index is -0.333. The minimum absolute atomic E-state index is 0.124. The molecule has 1 amide bonds. The van der Waals surface area contributed by atoms with E-state index in [0.717, 1.165) is 11.3 Å². The molecule has 0 fully saturated rings. The van der Waals surface area contributed by atoms with Crippen molar-refractivity contribution in [2.75, 3.05) is 25.7 Å².